The second-order valence-corrected chi connectivity index (χ2v) is 8.02. The van der Waals surface area contributed by atoms with Crippen LogP contribution in [-0.4, -0.2) is 24.1 Å². The molecule has 2 fully saturated rings. The number of hydrogen-bond donors (Lipinski definition) is 1. The van der Waals surface area contributed by atoms with Gasteiger partial charge in [-0.1, -0.05) is 25.3 Å². The molecule has 0 aromatic carbocycles. The van der Waals surface area contributed by atoms with E-state index in [2.05, 4.69) is 4.74 Å². The average Bonchev–Trinajstić information content (AvgIpc) is 3.19. The summed E-state index contributed by atoms with van der Waals surface area (Å²) in [5, 5.41) is 0.0306. The van der Waals surface area contributed by atoms with Crippen molar-refractivity contribution in [1.82, 2.24) is 0 Å². The summed E-state index contributed by atoms with van der Waals surface area (Å²) in [5.41, 5.74) is 0. The van der Waals surface area contributed by atoms with Gasteiger partial charge in [0, 0.05) is 6.16 Å². The van der Waals surface area contributed by atoms with Crippen molar-refractivity contribution in [1.29, 1.82) is 0 Å². The molecule has 0 aromatic rings. The first kappa shape index (κ1) is 14.8. The Balaban J connectivity index is 2.09. The molecule has 0 amide bonds. The molecule has 19 heavy (non-hydrogen) atoms. The van der Waals surface area contributed by atoms with Crippen molar-refractivity contribution in [2.24, 2.45) is 11.8 Å². The Kier molecular flexibility index (Phi) is 4.86. The van der Waals surface area contributed by atoms with Crippen LogP contribution in [0.15, 0.2) is 11.4 Å². The summed E-state index contributed by atoms with van der Waals surface area (Å²) in [7, 11) is -2.30. The van der Waals surface area contributed by atoms with Gasteiger partial charge in [0.1, 0.15) is 5.31 Å². The molecule has 2 aliphatic carbocycles. The first-order valence-corrected chi connectivity index (χ1v) is 9.00. The Hall–Kier alpha value is -0.600. The lowest BCUT2D eigenvalue weighted by Crippen LogP contribution is -2.15. The molecule has 2 aliphatic rings. The third-order valence-electron chi connectivity index (χ3n) is 4.02. The summed E-state index contributed by atoms with van der Waals surface area (Å²) < 4.78 is 17.2. The van der Waals surface area contributed by atoms with Gasteiger partial charge in [-0.2, -0.15) is 0 Å². The number of rotatable bonds is 5. The lowest BCUT2D eigenvalue weighted by molar-refractivity contribution is -0.135. The van der Waals surface area contributed by atoms with E-state index in [1.807, 2.05) is 0 Å². The molecule has 1 N–H and O–H groups in total. The van der Waals surface area contributed by atoms with E-state index in [9.17, 15) is 14.3 Å². The van der Waals surface area contributed by atoms with Crippen LogP contribution in [0.4, 0.5) is 0 Å². The Morgan fingerprint density at radius 3 is 2.42 bits per heavy atom. The second kappa shape index (κ2) is 6.23. The SMILES string of the molecule is COC(=O)C(=CC1CC1)P(=O)(O)CC1CCCCC1. The van der Waals surface area contributed by atoms with E-state index in [0.29, 0.717) is 5.92 Å². The zero-order chi connectivity index (χ0) is 13.9. The van der Waals surface area contributed by atoms with E-state index in [-0.39, 0.29) is 17.4 Å². The number of allylic oxidation sites excluding steroid dienone is 1. The van der Waals surface area contributed by atoms with E-state index < -0.39 is 13.3 Å². The van der Waals surface area contributed by atoms with Gasteiger partial charge in [-0.05, 0) is 37.5 Å². The molecule has 5 heteroatoms. The maximum absolute atomic E-state index is 12.5. The van der Waals surface area contributed by atoms with Crippen molar-refractivity contribution in [2.45, 2.75) is 44.9 Å². The van der Waals surface area contributed by atoms with Crippen LogP contribution in [-0.2, 0) is 14.1 Å². The van der Waals surface area contributed by atoms with Crippen LogP contribution in [0, 0.1) is 11.8 Å². The summed E-state index contributed by atoms with van der Waals surface area (Å²) in [5.74, 6) is -0.0636. The zero-order valence-electron chi connectivity index (χ0n) is 11.5. The first-order chi connectivity index (χ1) is 9.03. The van der Waals surface area contributed by atoms with Gasteiger partial charge in [-0.15, -0.1) is 0 Å². The topological polar surface area (TPSA) is 63.6 Å². The van der Waals surface area contributed by atoms with Crippen molar-refractivity contribution >= 4 is 13.3 Å². The van der Waals surface area contributed by atoms with Gasteiger partial charge in [0.15, 0.2) is 0 Å². The van der Waals surface area contributed by atoms with E-state index in [1.165, 1.54) is 13.5 Å². The molecule has 0 heterocycles. The number of esters is 1. The van der Waals surface area contributed by atoms with Crippen molar-refractivity contribution in [3.63, 3.8) is 0 Å². The smallest absolute Gasteiger partial charge is 0.343 e. The minimum Gasteiger partial charge on any atom is -0.465 e. The van der Waals surface area contributed by atoms with Crippen molar-refractivity contribution in [3.05, 3.63) is 11.4 Å². The minimum absolute atomic E-state index is 0.0306. The van der Waals surface area contributed by atoms with E-state index in [1.54, 1.807) is 6.08 Å². The highest BCUT2D eigenvalue weighted by molar-refractivity contribution is 7.63. The minimum atomic E-state index is -3.57. The van der Waals surface area contributed by atoms with Crippen molar-refractivity contribution < 1.29 is 19.0 Å². The fraction of sp³-hybridized carbons (Fsp3) is 0.786. The van der Waals surface area contributed by atoms with Crippen molar-refractivity contribution in [2.75, 3.05) is 13.3 Å². The normalized spacial score (nSPS) is 24.8. The molecule has 0 aromatic heterocycles. The lowest BCUT2D eigenvalue weighted by Gasteiger charge is -2.24. The van der Waals surface area contributed by atoms with Gasteiger partial charge < -0.3 is 9.63 Å². The van der Waals surface area contributed by atoms with Gasteiger partial charge in [0.05, 0.1) is 7.11 Å². The third kappa shape index (κ3) is 4.19. The Labute approximate surface area is 114 Å². The molecule has 4 nitrogen and oxygen atoms in total. The number of methoxy groups -OCH3 is 1. The van der Waals surface area contributed by atoms with Gasteiger partial charge >= 0.3 is 5.97 Å². The fourth-order valence-electron chi connectivity index (χ4n) is 2.74. The second-order valence-electron chi connectivity index (χ2n) is 5.77. The molecule has 0 saturated heterocycles. The van der Waals surface area contributed by atoms with Crippen molar-refractivity contribution in [3.8, 4) is 0 Å². The molecule has 1 atom stereocenters. The Bertz CT molecular complexity index is 406. The maximum atomic E-state index is 12.5. The molecular weight excluding hydrogens is 263 g/mol. The highest BCUT2D eigenvalue weighted by atomic mass is 31.2. The lowest BCUT2D eigenvalue weighted by atomic mass is 9.91. The third-order valence-corrected chi connectivity index (χ3v) is 6.11. The van der Waals surface area contributed by atoms with Crippen LogP contribution in [0.3, 0.4) is 0 Å². The molecule has 0 spiro atoms. The Morgan fingerprint density at radius 2 is 1.89 bits per heavy atom. The molecule has 2 rings (SSSR count). The molecule has 108 valence electrons. The van der Waals surface area contributed by atoms with Gasteiger partial charge in [-0.3, -0.25) is 4.57 Å². The van der Waals surface area contributed by atoms with Gasteiger partial charge in [0.2, 0.25) is 7.37 Å². The molecular formula is C14H23O4P. The quantitative estimate of drug-likeness (QED) is 0.478. The van der Waals surface area contributed by atoms with E-state index in [0.717, 1.165) is 38.5 Å². The average molecular weight is 286 g/mol. The highest BCUT2D eigenvalue weighted by Gasteiger charge is 2.36. The summed E-state index contributed by atoms with van der Waals surface area (Å²) in [6, 6.07) is 0. The summed E-state index contributed by atoms with van der Waals surface area (Å²) >= 11 is 0. The first-order valence-electron chi connectivity index (χ1n) is 7.15. The van der Waals surface area contributed by atoms with E-state index >= 15 is 0 Å². The largest absolute Gasteiger partial charge is 0.465 e. The molecule has 1 unspecified atom stereocenters. The van der Waals surface area contributed by atoms with Crippen LogP contribution < -0.4 is 0 Å². The van der Waals surface area contributed by atoms with Gasteiger partial charge in [0.25, 0.3) is 0 Å². The van der Waals surface area contributed by atoms with Crippen LogP contribution >= 0.6 is 7.37 Å². The number of carbonyl (C=O) groups excluding carboxylic acids is 1. The summed E-state index contributed by atoms with van der Waals surface area (Å²) in [4.78, 5) is 22.0. The number of carbonyl (C=O) groups is 1. The zero-order valence-corrected chi connectivity index (χ0v) is 12.4. The Morgan fingerprint density at radius 1 is 1.26 bits per heavy atom. The highest BCUT2D eigenvalue weighted by Crippen LogP contribution is 2.54. The monoisotopic (exact) mass is 286 g/mol. The summed E-state index contributed by atoms with van der Waals surface area (Å²) in [6.07, 6.45) is 9.40. The number of hydrogen-bond acceptors (Lipinski definition) is 3. The molecule has 2 saturated carbocycles. The predicted molar refractivity (Wildman–Crippen MR) is 74.1 cm³/mol. The van der Waals surface area contributed by atoms with Crippen LogP contribution in [0.1, 0.15) is 44.9 Å². The van der Waals surface area contributed by atoms with Crippen LogP contribution in [0.25, 0.3) is 0 Å². The van der Waals surface area contributed by atoms with E-state index in [4.69, 9.17) is 0 Å². The number of ether oxygens (including phenoxy) is 1. The van der Waals surface area contributed by atoms with Crippen LogP contribution in [0.2, 0.25) is 0 Å². The summed E-state index contributed by atoms with van der Waals surface area (Å²) in [6.45, 7) is 0. The maximum Gasteiger partial charge on any atom is 0.343 e. The predicted octanol–water partition coefficient (Wildman–Crippen LogP) is 3.30. The molecule has 0 radical (unpaired) electrons. The van der Waals surface area contributed by atoms with Crippen LogP contribution in [0.5, 0.6) is 0 Å². The fourth-order valence-corrected chi connectivity index (χ4v) is 4.82. The standard InChI is InChI=1S/C14H23O4P/c1-18-14(15)13(9-11-7-8-11)19(16,17)10-12-5-3-2-4-6-12/h9,11-12H,2-8,10H2,1H3,(H,16,17). The molecule has 0 bridgehead atoms. The molecule has 0 aliphatic heterocycles. The van der Waals surface area contributed by atoms with Gasteiger partial charge in [-0.25, -0.2) is 4.79 Å².